The minimum Gasteiger partial charge on any atom is -0.462 e. The standard InChI is InChI=1S/C13H15BrCl2O4S/c1-13(2,3)4-5-20-12(17)9-6-8(14)7-10(11(9)15)21(16,18)19/h6-7H,4-5H2,1-3H3. The maximum atomic E-state index is 12.0. The van der Waals surface area contributed by atoms with Crippen LogP contribution in [0.25, 0.3) is 0 Å². The van der Waals surface area contributed by atoms with Crippen LogP contribution in [0.5, 0.6) is 0 Å². The predicted molar refractivity (Wildman–Crippen MR) is 86.5 cm³/mol. The summed E-state index contributed by atoms with van der Waals surface area (Å²) in [4.78, 5) is 11.7. The number of rotatable bonds is 4. The Bertz CT molecular complexity index is 651. The van der Waals surface area contributed by atoms with Crippen molar-refractivity contribution in [2.24, 2.45) is 5.41 Å². The van der Waals surface area contributed by atoms with Gasteiger partial charge in [0.15, 0.2) is 0 Å². The Morgan fingerprint density at radius 3 is 2.38 bits per heavy atom. The van der Waals surface area contributed by atoms with Crippen molar-refractivity contribution < 1.29 is 17.9 Å². The summed E-state index contributed by atoms with van der Waals surface area (Å²) in [5, 5.41) is -0.242. The molecule has 4 nitrogen and oxygen atoms in total. The van der Waals surface area contributed by atoms with E-state index in [0.29, 0.717) is 10.9 Å². The maximum Gasteiger partial charge on any atom is 0.339 e. The molecule has 0 aliphatic rings. The van der Waals surface area contributed by atoms with Gasteiger partial charge in [0, 0.05) is 15.2 Å². The molecule has 1 rings (SSSR count). The normalized spacial score (nSPS) is 12.3. The molecule has 0 heterocycles. The molecule has 1 aromatic carbocycles. The summed E-state index contributed by atoms with van der Waals surface area (Å²) in [5.41, 5.74) is -0.0226. The van der Waals surface area contributed by atoms with E-state index in [1.807, 2.05) is 20.8 Å². The zero-order chi connectivity index (χ0) is 16.4. The second-order valence-corrected chi connectivity index (χ2v) is 9.48. The number of esters is 1. The third kappa shape index (κ3) is 5.77. The first-order chi connectivity index (χ1) is 9.42. The Hall–Kier alpha value is -0.300. The number of ether oxygens (including phenoxy) is 1. The van der Waals surface area contributed by atoms with Gasteiger partial charge in [-0.3, -0.25) is 0 Å². The summed E-state index contributed by atoms with van der Waals surface area (Å²) in [7, 11) is 1.24. The fourth-order valence-corrected chi connectivity index (χ4v) is 3.59. The Morgan fingerprint density at radius 2 is 1.90 bits per heavy atom. The molecule has 1 aromatic rings. The third-order valence-electron chi connectivity index (χ3n) is 2.57. The van der Waals surface area contributed by atoms with Gasteiger partial charge in [0.1, 0.15) is 4.90 Å². The topological polar surface area (TPSA) is 60.4 Å². The lowest BCUT2D eigenvalue weighted by Gasteiger charge is -2.17. The van der Waals surface area contributed by atoms with Gasteiger partial charge in [0.05, 0.1) is 17.2 Å². The molecular weight excluding hydrogens is 403 g/mol. The number of carbonyl (C=O) groups is 1. The van der Waals surface area contributed by atoms with E-state index in [-0.39, 0.29) is 27.5 Å². The first kappa shape index (κ1) is 18.7. The van der Waals surface area contributed by atoms with Crippen molar-refractivity contribution in [2.75, 3.05) is 6.61 Å². The lowest BCUT2D eigenvalue weighted by Crippen LogP contribution is -2.14. The van der Waals surface area contributed by atoms with Crippen LogP contribution in [0, 0.1) is 5.41 Å². The molecule has 0 amide bonds. The third-order valence-corrected chi connectivity index (χ3v) is 4.89. The van der Waals surface area contributed by atoms with Crippen molar-refractivity contribution in [1.29, 1.82) is 0 Å². The first-order valence-electron chi connectivity index (χ1n) is 6.02. The van der Waals surface area contributed by atoms with Crippen molar-refractivity contribution in [3.63, 3.8) is 0 Å². The summed E-state index contributed by atoms with van der Waals surface area (Å²) < 4.78 is 28.4. The second kappa shape index (κ2) is 6.86. The summed E-state index contributed by atoms with van der Waals surface area (Å²) >= 11 is 9.06. The summed E-state index contributed by atoms with van der Waals surface area (Å²) in [6, 6.07) is 2.63. The van der Waals surface area contributed by atoms with Crippen LogP contribution < -0.4 is 0 Å². The van der Waals surface area contributed by atoms with Gasteiger partial charge in [-0.15, -0.1) is 0 Å². The van der Waals surface area contributed by atoms with E-state index < -0.39 is 15.0 Å². The highest BCUT2D eigenvalue weighted by molar-refractivity contribution is 9.10. The fraction of sp³-hybridized carbons (Fsp3) is 0.462. The van der Waals surface area contributed by atoms with Crippen LogP contribution in [-0.2, 0) is 13.8 Å². The molecule has 0 radical (unpaired) electrons. The largest absolute Gasteiger partial charge is 0.462 e. The minimum atomic E-state index is -4.05. The molecule has 8 heteroatoms. The van der Waals surface area contributed by atoms with Gasteiger partial charge in [0.25, 0.3) is 9.05 Å². The molecule has 0 unspecified atom stereocenters. The fourth-order valence-electron chi connectivity index (χ4n) is 1.42. The van der Waals surface area contributed by atoms with Crippen molar-refractivity contribution in [1.82, 2.24) is 0 Å². The quantitative estimate of drug-likeness (QED) is 0.529. The van der Waals surface area contributed by atoms with Crippen LogP contribution in [0.4, 0.5) is 0 Å². The zero-order valence-electron chi connectivity index (χ0n) is 11.7. The van der Waals surface area contributed by atoms with Crippen molar-refractivity contribution in [3.8, 4) is 0 Å². The van der Waals surface area contributed by atoms with Crippen molar-refractivity contribution in [3.05, 3.63) is 27.2 Å². The lowest BCUT2D eigenvalue weighted by atomic mass is 9.93. The maximum absolute atomic E-state index is 12.0. The van der Waals surface area contributed by atoms with Gasteiger partial charge >= 0.3 is 5.97 Å². The minimum absolute atomic E-state index is 0.0198. The smallest absolute Gasteiger partial charge is 0.339 e. The molecule has 0 saturated carbocycles. The molecular formula is C13H15BrCl2O4S. The summed E-state index contributed by atoms with van der Waals surface area (Å²) in [6.45, 7) is 6.27. The molecule has 0 aromatic heterocycles. The zero-order valence-corrected chi connectivity index (χ0v) is 15.7. The molecule has 0 atom stereocenters. The lowest BCUT2D eigenvalue weighted by molar-refractivity contribution is 0.0464. The van der Waals surface area contributed by atoms with Crippen molar-refractivity contribution in [2.45, 2.75) is 32.1 Å². The highest BCUT2D eigenvalue weighted by Gasteiger charge is 2.23. The van der Waals surface area contributed by atoms with E-state index in [1.165, 1.54) is 12.1 Å². The van der Waals surface area contributed by atoms with Crippen LogP contribution in [0.2, 0.25) is 5.02 Å². The molecule has 0 aliphatic carbocycles. The monoisotopic (exact) mass is 416 g/mol. The molecule has 118 valence electrons. The van der Waals surface area contributed by atoms with Gasteiger partial charge in [0.2, 0.25) is 0 Å². The first-order valence-corrected chi connectivity index (χ1v) is 9.51. The van der Waals surface area contributed by atoms with Crippen LogP contribution in [0.3, 0.4) is 0 Å². The average Bonchev–Trinajstić information content (AvgIpc) is 2.28. The predicted octanol–water partition coefficient (Wildman–Crippen LogP) is 4.62. The Kier molecular flexibility index (Phi) is 6.12. The SMILES string of the molecule is CC(C)(C)CCOC(=O)c1cc(Br)cc(S(=O)(=O)Cl)c1Cl. The Balaban J connectivity index is 3.03. The molecule has 0 spiro atoms. The molecule has 0 bridgehead atoms. The number of carbonyl (C=O) groups excluding carboxylic acids is 1. The second-order valence-electron chi connectivity index (χ2n) is 5.65. The Labute approximate surface area is 142 Å². The molecule has 0 fully saturated rings. The van der Waals surface area contributed by atoms with Crippen molar-refractivity contribution >= 4 is 53.2 Å². The van der Waals surface area contributed by atoms with E-state index in [2.05, 4.69) is 15.9 Å². The highest BCUT2D eigenvalue weighted by Crippen LogP contribution is 2.32. The van der Waals surface area contributed by atoms with E-state index in [4.69, 9.17) is 27.0 Å². The molecule has 0 N–H and O–H groups in total. The van der Waals surface area contributed by atoms with Crippen LogP contribution in [0.1, 0.15) is 37.6 Å². The highest BCUT2D eigenvalue weighted by atomic mass is 79.9. The van der Waals surface area contributed by atoms with E-state index in [9.17, 15) is 13.2 Å². The van der Waals surface area contributed by atoms with Gasteiger partial charge < -0.3 is 4.74 Å². The van der Waals surface area contributed by atoms with Crippen LogP contribution >= 0.6 is 38.2 Å². The summed E-state index contributed by atoms with van der Waals surface area (Å²) in [6.07, 6.45) is 0.672. The number of hydrogen-bond donors (Lipinski definition) is 0. The number of benzene rings is 1. The van der Waals surface area contributed by atoms with Gasteiger partial charge in [-0.25, -0.2) is 13.2 Å². The number of hydrogen-bond acceptors (Lipinski definition) is 4. The van der Waals surface area contributed by atoms with Gasteiger partial charge in [-0.1, -0.05) is 48.3 Å². The van der Waals surface area contributed by atoms with E-state index in [0.717, 1.165) is 0 Å². The molecule has 0 saturated heterocycles. The average molecular weight is 418 g/mol. The van der Waals surface area contributed by atoms with Crippen LogP contribution in [0.15, 0.2) is 21.5 Å². The molecule has 0 aliphatic heterocycles. The Morgan fingerprint density at radius 1 is 1.33 bits per heavy atom. The van der Waals surface area contributed by atoms with E-state index in [1.54, 1.807) is 0 Å². The van der Waals surface area contributed by atoms with Crippen LogP contribution in [-0.4, -0.2) is 21.0 Å². The number of halogens is 3. The van der Waals surface area contributed by atoms with Gasteiger partial charge in [-0.2, -0.15) is 0 Å². The summed E-state index contributed by atoms with van der Waals surface area (Å²) in [5.74, 6) is -0.688. The molecule has 21 heavy (non-hydrogen) atoms. The van der Waals surface area contributed by atoms with Gasteiger partial charge in [-0.05, 0) is 24.0 Å². The van der Waals surface area contributed by atoms with E-state index >= 15 is 0 Å².